The number of aromatic nitrogens is 2. The molecule has 0 saturated heterocycles. The maximum atomic E-state index is 12.6. The highest BCUT2D eigenvalue weighted by Gasteiger charge is 2.40. The maximum absolute atomic E-state index is 12.6. The number of hydrogen-bond acceptors (Lipinski definition) is 3. The third-order valence-electron chi connectivity index (χ3n) is 6.75. The van der Waals surface area contributed by atoms with Gasteiger partial charge in [0.05, 0.1) is 6.20 Å². The fourth-order valence-corrected chi connectivity index (χ4v) is 5.07. The number of carboxylic acid groups (broad SMARTS) is 1. The summed E-state index contributed by atoms with van der Waals surface area (Å²) in [5.41, 5.74) is 3.53. The summed E-state index contributed by atoms with van der Waals surface area (Å²) in [5.74, 6) is -0.663. The van der Waals surface area contributed by atoms with Crippen molar-refractivity contribution in [2.45, 2.75) is 44.2 Å². The van der Waals surface area contributed by atoms with Crippen LogP contribution in [-0.4, -0.2) is 20.9 Å². The van der Waals surface area contributed by atoms with Crippen LogP contribution in [0.3, 0.4) is 0 Å². The molecule has 0 fully saturated rings. The Hall–Kier alpha value is -3.57. The molecule has 0 aliphatic heterocycles. The van der Waals surface area contributed by atoms with Crippen LogP contribution in [-0.2, 0) is 23.4 Å². The average Bonchev–Trinajstić information content (AvgIpc) is 3.35. The quantitative estimate of drug-likeness (QED) is 0.327. The zero-order chi connectivity index (χ0) is 24.4. The van der Waals surface area contributed by atoms with Crippen molar-refractivity contribution in [1.82, 2.24) is 9.78 Å². The standard InChI is InChI=1S/C29H27ClN2O3/c1-29(28(33)34,35-26-16-8-12-20-9-5-6-15-25(20)26)32-19-23(18-31-32)27(21-10-3-2-4-11-21)22-13-7-14-24(30)17-22/h2-4,7-8,10-14,16-19,27H,5-6,9,15H2,1H3,(H,33,34). The first-order valence-electron chi connectivity index (χ1n) is 11.8. The highest BCUT2D eigenvalue weighted by atomic mass is 35.5. The lowest BCUT2D eigenvalue weighted by molar-refractivity contribution is -0.164. The van der Waals surface area contributed by atoms with Gasteiger partial charge < -0.3 is 9.84 Å². The molecule has 6 heteroatoms. The topological polar surface area (TPSA) is 64.3 Å². The van der Waals surface area contributed by atoms with E-state index in [0.29, 0.717) is 10.8 Å². The van der Waals surface area contributed by atoms with Crippen LogP contribution >= 0.6 is 11.6 Å². The Kier molecular flexibility index (Phi) is 6.35. The summed E-state index contributed by atoms with van der Waals surface area (Å²) >= 11 is 6.31. The van der Waals surface area contributed by atoms with Crippen LogP contribution in [0.25, 0.3) is 0 Å². The second kappa shape index (κ2) is 9.59. The van der Waals surface area contributed by atoms with E-state index < -0.39 is 11.7 Å². The van der Waals surface area contributed by atoms with E-state index in [9.17, 15) is 9.90 Å². The van der Waals surface area contributed by atoms with Crippen LogP contribution in [0, 0.1) is 0 Å². The van der Waals surface area contributed by atoms with Crippen molar-refractivity contribution < 1.29 is 14.6 Å². The number of ether oxygens (including phenoxy) is 1. The Balaban J connectivity index is 1.55. The molecular weight excluding hydrogens is 460 g/mol. The lowest BCUT2D eigenvalue weighted by Crippen LogP contribution is -2.45. The van der Waals surface area contributed by atoms with E-state index in [1.165, 1.54) is 10.2 Å². The third kappa shape index (κ3) is 4.56. The summed E-state index contributed by atoms with van der Waals surface area (Å²) < 4.78 is 7.66. The molecule has 0 saturated carbocycles. The van der Waals surface area contributed by atoms with E-state index in [2.05, 4.69) is 11.2 Å². The van der Waals surface area contributed by atoms with Gasteiger partial charge in [-0.25, -0.2) is 9.48 Å². The first-order chi connectivity index (χ1) is 17.0. The highest BCUT2D eigenvalue weighted by molar-refractivity contribution is 6.30. The largest absolute Gasteiger partial charge is 0.477 e. The molecule has 2 atom stereocenters. The van der Waals surface area contributed by atoms with Crippen LogP contribution in [0.4, 0.5) is 0 Å². The van der Waals surface area contributed by atoms with E-state index in [4.69, 9.17) is 16.3 Å². The minimum Gasteiger partial charge on any atom is -0.477 e. The Morgan fingerprint density at radius 2 is 1.74 bits per heavy atom. The molecule has 35 heavy (non-hydrogen) atoms. The van der Waals surface area contributed by atoms with E-state index in [0.717, 1.165) is 47.9 Å². The van der Waals surface area contributed by atoms with Crippen LogP contribution < -0.4 is 4.74 Å². The SMILES string of the molecule is CC(Oc1cccc2c1CCCC2)(C(=O)O)n1cc(C(c2ccccc2)c2cccc(Cl)c2)cn1. The second-order valence-corrected chi connectivity index (χ2v) is 9.54. The maximum Gasteiger partial charge on any atom is 0.371 e. The highest BCUT2D eigenvalue weighted by Crippen LogP contribution is 2.36. The van der Waals surface area contributed by atoms with Gasteiger partial charge in [0, 0.05) is 29.6 Å². The summed E-state index contributed by atoms with van der Waals surface area (Å²) in [4.78, 5) is 12.6. The van der Waals surface area contributed by atoms with Gasteiger partial charge in [0.2, 0.25) is 0 Å². The van der Waals surface area contributed by atoms with Crippen LogP contribution in [0.5, 0.6) is 5.75 Å². The fourth-order valence-electron chi connectivity index (χ4n) is 4.87. The summed E-state index contributed by atoms with van der Waals surface area (Å²) in [5, 5.41) is 15.4. The molecule has 178 valence electrons. The van der Waals surface area contributed by atoms with Gasteiger partial charge in [-0.05, 0) is 66.1 Å². The molecule has 0 amide bonds. The number of carbonyl (C=O) groups is 1. The summed E-state index contributed by atoms with van der Waals surface area (Å²) in [6.07, 6.45) is 7.56. The number of hydrogen-bond donors (Lipinski definition) is 1. The van der Waals surface area contributed by atoms with Gasteiger partial charge in [0.15, 0.2) is 0 Å². The van der Waals surface area contributed by atoms with Crippen molar-refractivity contribution >= 4 is 17.6 Å². The predicted molar refractivity (Wildman–Crippen MR) is 136 cm³/mol. The van der Waals surface area contributed by atoms with Crippen molar-refractivity contribution in [3.05, 3.63) is 118 Å². The summed E-state index contributed by atoms with van der Waals surface area (Å²) in [6, 6.07) is 23.6. The number of nitrogens with zero attached hydrogens (tertiary/aromatic N) is 2. The molecule has 3 aromatic carbocycles. The number of rotatable bonds is 7. The zero-order valence-corrected chi connectivity index (χ0v) is 20.3. The minimum absolute atomic E-state index is 0.161. The first kappa shape index (κ1) is 23.2. The Bertz CT molecular complexity index is 1350. The number of fused-ring (bicyclic) bond motifs is 1. The minimum atomic E-state index is -1.71. The molecule has 1 N–H and O–H groups in total. The van der Waals surface area contributed by atoms with E-state index in [1.54, 1.807) is 19.3 Å². The monoisotopic (exact) mass is 486 g/mol. The number of halogens is 1. The van der Waals surface area contributed by atoms with Gasteiger partial charge in [0.1, 0.15) is 5.75 Å². The molecule has 0 spiro atoms. The molecule has 5 rings (SSSR count). The molecule has 4 aromatic rings. The lowest BCUT2D eigenvalue weighted by Gasteiger charge is -2.29. The summed E-state index contributed by atoms with van der Waals surface area (Å²) in [6.45, 7) is 1.55. The number of aliphatic carboxylic acids is 1. The number of carboxylic acids is 1. The third-order valence-corrected chi connectivity index (χ3v) is 6.98. The van der Waals surface area contributed by atoms with E-state index >= 15 is 0 Å². The Morgan fingerprint density at radius 3 is 2.51 bits per heavy atom. The van der Waals surface area contributed by atoms with Gasteiger partial charge in [-0.3, -0.25) is 0 Å². The summed E-state index contributed by atoms with van der Waals surface area (Å²) in [7, 11) is 0. The number of benzene rings is 3. The van der Waals surface area contributed by atoms with Gasteiger partial charge in [-0.2, -0.15) is 5.10 Å². The molecule has 0 bridgehead atoms. The second-order valence-electron chi connectivity index (χ2n) is 9.11. The van der Waals surface area contributed by atoms with Gasteiger partial charge in [-0.15, -0.1) is 0 Å². The average molecular weight is 487 g/mol. The molecule has 1 aromatic heterocycles. The molecular formula is C29H27ClN2O3. The molecule has 1 aliphatic carbocycles. The number of aryl methyl sites for hydroxylation is 1. The Morgan fingerprint density at radius 1 is 1.00 bits per heavy atom. The van der Waals surface area contributed by atoms with Crippen LogP contribution in [0.2, 0.25) is 5.02 Å². The fraction of sp³-hybridized carbons (Fsp3) is 0.241. The van der Waals surface area contributed by atoms with E-state index in [1.807, 2.05) is 66.7 Å². The molecule has 2 unspecified atom stereocenters. The van der Waals surface area contributed by atoms with Gasteiger partial charge >= 0.3 is 5.97 Å². The Labute approximate surface area is 209 Å². The smallest absolute Gasteiger partial charge is 0.371 e. The predicted octanol–water partition coefficient (Wildman–Crippen LogP) is 6.43. The zero-order valence-electron chi connectivity index (χ0n) is 19.5. The van der Waals surface area contributed by atoms with Crippen LogP contribution in [0.1, 0.15) is 53.5 Å². The van der Waals surface area contributed by atoms with Gasteiger partial charge in [-0.1, -0.05) is 66.2 Å². The molecule has 1 aliphatic rings. The van der Waals surface area contributed by atoms with Crippen molar-refractivity contribution in [3.8, 4) is 5.75 Å². The molecule has 0 radical (unpaired) electrons. The first-order valence-corrected chi connectivity index (χ1v) is 12.2. The normalized spacial score (nSPS) is 15.6. The van der Waals surface area contributed by atoms with Crippen molar-refractivity contribution in [2.75, 3.05) is 0 Å². The van der Waals surface area contributed by atoms with Crippen molar-refractivity contribution in [3.63, 3.8) is 0 Å². The van der Waals surface area contributed by atoms with Gasteiger partial charge in [0.25, 0.3) is 5.72 Å². The van der Waals surface area contributed by atoms with E-state index in [-0.39, 0.29) is 5.92 Å². The lowest BCUT2D eigenvalue weighted by atomic mass is 9.87. The molecule has 5 nitrogen and oxygen atoms in total. The van der Waals surface area contributed by atoms with Crippen molar-refractivity contribution in [1.29, 1.82) is 0 Å². The van der Waals surface area contributed by atoms with Crippen LogP contribution in [0.15, 0.2) is 85.2 Å². The molecule has 1 heterocycles. The van der Waals surface area contributed by atoms with Crippen molar-refractivity contribution in [2.24, 2.45) is 0 Å².